The molecule has 2 nitrogen and oxygen atoms in total. The smallest absolute Gasteiger partial charge is 0.366 e. The van der Waals surface area contributed by atoms with Crippen LogP contribution in [0.4, 0.5) is 13.2 Å². The van der Waals surface area contributed by atoms with Crippen LogP contribution >= 0.6 is 11.3 Å². The summed E-state index contributed by atoms with van der Waals surface area (Å²) in [4.78, 5) is 12.3. The van der Waals surface area contributed by atoms with E-state index in [-0.39, 0.29) is 0 Å². The van der Waals surface area contributed by atoms with Gasteiger partial charge in [0.15, 0.2) is 0 Å². The summed E-state index contributed by atoms with van der Waals surface area (Å²) in [5.41, 5.74) is 7.70. The van der Waals surface area contributed by atoms with E-state index in [4.69, 9.17) is 5.73 Å². The number of fused-ring (bicyclic) bond motifs is 1. The summed E-state index contributed by atoms with van der Waals surface area (Å²) in [6, 6.07) is 20.5. The lowest BCUT2D eigenvalue weighted by Crippen LogP contribution is -2.10. The molecule has 3 aromatic carbocycles. The summed E-state index contributed by atoms with van der Waals surface area (Å²) >= 11 is 1.56. The van der Waals surface area contributed by atoms with Crippen LogP contribution in [0.3, 0.4) is 0 Å². The van der Waals surface area contributed by atoms with Crippen molar-refractivity contribution in [2.75, 3.05) is 0 Å². The van der Waals surface area contributed by atoms with Gasteiger partial charge in [-0.2, -0.15) is 13.2 Å². The van der Waals surface area contributed by atoms with E-state index in [1.807, 2.05) is 36.4 Å². The van der Waals surface area contributed by atoms with Crippen LogP contribution in [0.5, 0.6) is 0 Å². The lowest BCUT2D eigenvalue weighted by Gasteiger charge is -2.08. The van der Waals surface area contributed by atoms with Crippen molar-refractivity contribution in [3.05, 3.63) is 94.4 Å². The standard InChI is InChI=1S/C23H16F3NOS/c24-23(25,26)18-5-1-3-14(11-18)12-19-13-17-4-2-6-20(21(17)29-19)15-7-9-16(10-8-15)22(27)28/h1-11,13H,12H2,(H2,27,28). The highest BCUT2D eigenvalue weighted by Gasteiger charge is 2.30. The van der Waals surface area contributed by atoms with Crippen LogP contribution in [-0.2, 0) is 12.6 Å². The number of halogens is 3. The van der Waals surface area contributed by atoms with Crippen LogP contribution in [-0.4, -0.2) is 5.91 Å². The van der Waals surface area contributed by atoms with Gasteiger partial charge in [-0.25, -0.2) is 0 Å². The summed E-state index contributed by atoms with van der Waals surface area (Å²) in [6.07, 6.45) is -3.91. The molecule has 1 heterocycles. The minimum atomic E-state index is -4.35. The number of carbonyl (C=O) groups is 1. The van der Waals surface area contributed by atoms with Gasteiger partial charge in [-0.1, -0.05) is 48.5 Å². The molecule has 146 valence electrons. The summed E-state index contributed by atoms with van der Waals surface area (Å²) in [5.74, 6) is -0.478. The van der Waals surface area contributed by atoms with E-state index in [2.05, 4.69) is 0 Å². The van der Waals surface area contributed by atoms with E-state index in [0.717, 1.165) is 32.2 Å². The summed E-state index contributed by atoms with van der Waals surface area (Å²) in [6.45, 7) is 0. The Morgan fingerprint density at radius 2 is 1.66 bits per heavy atom. The Balaban J connectivity index is 1.69. The van der Waals surface area contributed by atoms with Crippen molar-refractivity contribution in [3.8, 4) is 11.1 Å². The maximum Gasteiger partial charge on any atom is 0.416 e. The van der Waals surface area contributed by atoms with E-state index >= 15 is 0 Å². The van der Waals surface area contributed by atoms with Crippen molar-refractivity contribution < 1.29 is 18.0 Å². The van der Waals surface area contributed by atoms with Gasteiger partial charge in [0.05, 0.1) is 5.56 Å². The minimum Gasteiger partial charge on any atom is -0.366 e. The molecule has 2 N–H and O–H groups in total. The summed E-state index contributed by atoms with van der Waals surface area (Å²) in [7, 11) is 0. The van der Waals surface area contributed by atoms with Gasteiger partial charge < -0.3 is 5.73 Å². The molecule has 0 aliphatic carbocycles. The number of thiophene rings is 1. The highest BCUT2D eigenvalue weighted by molar-refractivity contribution is 7.19. The number of primary amides is 1. The van der Waals surface area contributed by atoms with Gasteiger partial charge in [-0.05, 0) is 46.3 Å². The van der Waals surface area contributed by atoms with E-state index in [0.29, 0.717) is 17.5 Å². The summed E-state index contributed by atoms with van der Waals surface area (Å²) < 4.78 is 40.0. The number of hydrogen-bond donors (Lipinski definition) is 1. The molecule has 1 aromatic heterocycles. The van der Waals surface area contributed by atoms with Crippen molar-refractivity contribution in [1.82, 2.24) is 0 Å². The molecule has 0 saturated carbocycles. The van der Waals surface area contributed by atoms with E-state index in [9.17, 15) is 18.0 Å². The summed E-state index contributed by atoms with van der Waals surface area (Å²) in [5, 5.41) is 1.04. The molecular weight excluding hydrogens is 395 g/mol. The second-order valence-electron chi connectivity index (χ2n) is 6.75. The number of alkyl halides is 3. The van der Waals surface area contributed by atoms with Crippen LogP contribution < -0.4 is 5.73 Å². The quantitative estimate of drug-likeness (QED) is 0.422. The highest BCUT2D eigenvalue weighted by Crippen LogP contribution is 2.36. The molecular formula is C23H16F3NOS. The van der Waals surface area contributed by atoms with Gasteiger partial charge >= 0.3 is 6.18 Å². The van der Waals surface area contributed by atoms with Crippen LogP contribution in [0.2, 0.25) is 0 Å². The Morgan fingerprint density at radius 1 is 0.931 bits per heavy atom. The molecule has 0 atom stereocenters. The monoisotopic (exact) mass is 411 g/mol. The fraction of sp³-hybridized carbons (Fsp3) is 0.0870. The van der Waals surface area contributed by atoms with E-state index in [1.165, 1.54) is 12.1 Å². The third-order valence-corrected chi connectivity index (χ3v) is 5.89. The maximum absolute atomic E-state index is 13.0. The van der Waals surface area contributed by atoms with Crippen LogP contribution in [0.25, 0.3) is 21.2 Å². The molecule has 0 fully saturated rings. The molecule has 1 amide bonds. The van der Waals surface area contributed by atoms with Gasteiger partial charge in [-0.3, -0.25) is 4.79 Å². The first-order valence-electron chi connectivity index (χ1n) is 8.89. The lowest BCUT2D eigenvalue weighted by atomic mass is 10.0. The predicted octanol–water partition coefficient (Wildman–Crippen LogP) is 6.28. The number of hydrogen-bond acceptors (Lipinski definition) is 2. The number of rotatable bonds is 4. The van der Waals surface area contributed by atoms with Gasteiger partial charge in [0.25, 0.3) is 0 Å². The Bertz CT molecular complexity index is 1190. The maximum atomic E-state index is 13.0. The lowest BCUT2D eigenvalue weighted by molar-refractivity contribution is -0.137. The normalized spacial score (nSPS) is 11.7. The number of nitrogens with two attached hydrogens (primary N) is 1. The topological polar surface area (TPSA) is 43.1 Å². The number of amides is 1. The van der Waals surface area contributed by atoms with Crippen molar-refractivity contribution in [2.24, 2.45) is 5.73 Å². The zero-order valence-corrected chi connectivity index (χ0v) is 16.0. The molecule has 0 aliphatic heterocycles. The van der Waals surface area contributed by atoms with Crippen molar-refractivity contribution >= 4 is 27.3 Å². The van der Waals surface area contributed by atoms with Crippen molar-refractivity contribution in [2.45, 2.75) is 12.6 Å². The third-order valence-electron chi connectivity index (χ3n) is 4.71. The van der Waals surface area contributed by atoms with Crippen LogP contribution in [0.1, 0.15) is 26.4 Å². The van der Waals surface area contributed by atoms with Gasteiger partial charge in [-0.15, -0.1) is 11.3 Å². The largest absolute Gasteiger partial charge is 0.416 e. The molecule has 0 radical (unpaired) electrons. The molecule has 6 heteroatoms. The van der Waals surface area contributed by atoms with Crippen LogP contribution in [0, 0.1) is 0 Å². The Kier molecular flexibility index (Phi) is 4.88. The third kappa shape index (κ3) is 4.03. The molecule has 4 aromatic rings. The Morgan fingerprint density at radius 3 is 2.34 bits per heavy atom. The zero-order valence-electron chi connectivity index (χ0n) is 15.2. The second-order valence-corrected chi connectivity index (χ2v) is 7.89. The number of carbonyl (C=O) groups excluding carboxylic acids is 1. The van der Waals surface area contributed by atoms with E-state index in [1.54, 1.807) is 29.5 Å². The highest BCUT2D eigenvalue weighted by atomic mass is 32.1. The fourth-order valence-electron chi connectivity index (χ4n) is 3.30. The van der Waals surface area contributed by atoms with E-state index < -0.39 is 17.6 Å². The average molecular weight is 411 g/mol. The Hall–Kier alpha value is -3.12. The molecule has 0 saturated heterocycles. The van der Waals surface area contributed by atoms with Crippen molar-refractivity contribution in [3.63, 3.8) is 0 Å². The first-order chi connectivity index (χ1) is 13.8. The van der Waals surface area contributed by atoms with Gasteiger partial charge in [0, 0.05) is 21.6 Å². The molecule has 0 aliphatic rings. The minimum absolute atomic E-state index is 0.434. The number of benzene rings is 3. The van der Waals surface area contributed by atoms with Gasteiger partial charge in [0.2, 0.25) is 5.91 Å². The first kappa shape index (κ1) is 19.2. The first-order valence-corrected chi connectivity index (χ1v) is 9.71. The molecule has 0 unspecified atom stereocenters. The molecule has 4 rings (SSSR count). The van der Waals surface area contributed by atoms with Crippen LogP contribution in [0.15, 0.2) is 72.8 Å². The van der Waals surface area contributed by atoms with Crippen molar-refractivity contribution in [1.29, 1.82) is 0 Å². The molecule has 29 heavy (non-hydrogen) atoms. The predicted molar refractivity (Wildman–Crippen MR) is 110 cm³/mol. The second kappa shape index (κ2) is 7.37. The molecule has 0 spiro atoms. The Labute approximate surface area is 169 Å². The SMILES string of the molecule is NC(=O)c1ccc(-c2cccc3cc(Cc4cccc(C(F)(F)F)c4)sc23)cc1. The average Bonchev–Trinajstić information content (AvgIpc) is 3.10. The molecule has 0 bridgehead atoms. The zero-order chi connectivity index (χ0) is 20.6. The fourth-order valence-corrected chi connectivity index (χ4v) is 4.53. The van der Waals surface area contributed by atoms with Gasteiger partial charge in [0.1, 0.15) is 0 Å².